The van der Waals surface area contributed by atoms with Gasteiger partial charge in [0.15, 0.2) is 5.79 Å². The zero-order valence-corrected chi connectivity index (χ0v) is 9.85. The quantitative estimate of drug-likeness (QED) is 0.596. The van der Waals surface area contributed by atoms with Crippen molar-refractivity contribution in [2.45, 2.75) is 52.7 Å². The molecule has 0 radical (unpaired) electrons. The van der Waals surface area contributed by atoms with Gasteiger partial charge in [-0.3, -0.25) is 0 Å². The largest absolute Gasteiger partial charge is 0.348 e. The molecule has 1 spiro atoms. The molecule has 2 heteroatoms. The molecule has 0 unspecified atom stereocenters. The lowest BCUT2D eigenvalue weighted by Gasteiger charge is -2.51. The Balaban J connectivity index is 2.16. The second-order valence-corrected chi connectivity index (χ2v) is 6.05. The number of ether oxygens (including phenoxy) is 2. The van der Waals surface area contributed by atoms with Gasteiger partial charge in [-0.25, -0.2) is 0 Å². The van der Waals surface area contributed by atoms with E-state index in [4.69, 9.17) is 9.47 Å². The molecule has 0 aromatic carbocycles. The Bertz CT molecular complexity index is 224. The third-order valence-electron chi connectivity index (χ3n) is 4.49. The van der Waals surface area contributed by atoms with Gasteiger partial charge in [0.05, 0.1) is 13.2 Å². The minimum absolute atomic E-state index is 0.237. The third kappa shape index (κ3) is 1.49. The molecule has 0 bridgehead atoms. The zero-order valence-electron chi connectivity index (χ0n) is 9.85. The van der Waals surface area contributed by atoms with Crippen molar-refractivity contribution < 1.29 is 9.47 Å². The van der Waals surface area contributed by atoms with Crippen molar-refractivity contribution in [1.29, 1.82) is 0 Å². The van der Waals surface area contributed by atoms with Crippen LogP contribution in [0.25, 0.3) is 0 Å². The van der Waals surface area contributed by atoms with E-state index in [2.05, 4.69) is 27.7 Å². The molecule has 2 fully saturated rings. The van der Waals surface area contributed by atoms with Gasteiger partial charge in [0.2, 0.25) is 0 Å². The molecule has 1 aliphatic carbocycles. The third-order valence-corrected chi connectivity index (χ3v) is 4.49. The lowest BCUT2D eigenvalue weighted by Crippen LogP contribution is -2.48. The summed E-state index contributed by atoms with van der Waals surface area (Å²) in [5.41, 5.74) is 0.698. The normalized spacial score (nSPS) is 33.4. The van der Waals surface area contributed by atoms with Gasteiger partial charge >= 0.3 is 0 Å². The molecular formula is C12H22O2. The monoisotopic (exact) mass is 198 g/mol. The summed E-state index contributed by atoms with van der Waals surface area (Å²) in [6.07, 6.45) is 3.29. The summed E-state index contributed by atoms with van der Waals surface area (Å²) < 4.78 is 11.6. The van der Waals surface area contributed by atoms with Crippen molar-refractivity contribution in [3.05, 3.63) is 0 Å². The maximum Gasteiger partial charge on any atom is 0.169 e. The summed E-state index contributed by atoms with van der Waals surface area (Å²) in [5, 5.41) is 0. The van der Waals surface area contributed by atoms with Crippen molar-refractivity contribution in [1.82, 2.24) is 0 Å². The van der Waals surface area contributed by atoms with Crippen LogP contribution in [-0.2, 0) is 9.47 Å². The van der Waals surface area contributed by atoms with Crippen LogP contribution in [0.1, 0.15) is 47.0 Å². The molecule has 0 aromatic rings. The van der Waals surface area contributed by atoms with E-state index in [1.165, 1.54) is 6.42 Å². The Morgan fingerprint density at radius 3 is 1.86 bits per heavy atom. The van der Waals surface area contributed by atoms with Crippen molar-refractivity contribution in [3.63, 3.8) is 0 Å². The van der Waals surface area contributed by atoms with Crippen LogP contribution in [0.3, 0.4) is 0 Å². The first-order valence-electron chi connectivity index (χ1n) is 5.65. The molecule has 1 saturated carbocycles. The van der Waals surface area contributed by atoms with E-state index >= 15 is 0 Å². The van der Waals surface area contributed by atoms with E-state index in [9.17, 15) is 0 Å². The Morgan fingerprint density at radius 2 is 1.36 bits per heavy atom. The molecule has 2 rings (SSSR count). The Hall–Kier alpha value is -0.0800. The van der Waals surface area contributed by atoms with E-state index in [1.54, 1.807) is 0 Å². The number of hydrogen-bond acceptors (Lipinski definition) is 2. The molecular weight excluding hydrogens is 176 g/mol. The zero-order chi connectivity index (χ0) is 10.4. The van der Waals surface area contributed by atoms with Crippen molar-refractivity contribution >= 4 is 0 Å². The van der Waals surface area contributed by atoms with E-state index < -0.39 is 0 Å². The van der Waals surface area contributed by atoms with Gasteiger partial charge in [-0.1, -0.05) is 27.7 Å². The first-order valence-corrected chi connectivity index (χ1v) is 5.65. The Labute approximate surface area is 87.0 Å². The fourth-order valence-electron chi connectivity index (χ4n) is 2.59. The Morgan fingerprint density at radius 1 is 0.786 bits per heavy atom. The van der Waals surface area contributed by atoms with Gasteiger partial charge in [0, 0.05) is 12.8 Å². The molecule has 1 heterocycles. The van der Waals surface area contributed by atoms with E-state index in [0.717, 1.165) is 26.1 Å². The first-order chi connectivity index (χ1) is 6.37. The minimum Gasteiger partial charge on any atom is -0.348 e. The smallest absolute Gasteiger partial charge is 0.169 e. The van der Waals surface area contributed by atoms with Gasteiger partial charge in [0.25, 0.3) is 0 Å². The van der Waals surface area contributed by atoms with Crippen LogP contribution >= 0.6 is 0 Å². The minimum atomic E-state index is -0.237. The van der Waals surface area contributed by atoms with Crippen LogP contribution in [0.15, 0.2) is 0 Å². The fraction of sp³-hybridized carbons (Fsp3) is 1.00. The average Bonchev–Trinajstić information content (AvgIpc) is 2.47. The van der Waals surface area contributed by atoms with Gasteiger partial charge in [-0.2, -0.15) is 0 Å². The van der Waals surface area contributed by atoms with E-state index in [0.29, 0.717) is 10.8 Å². The Kier molecular flexibility index (Phi) is 2.20. The lowest BCUT2D eigenvalue weighted by atomic mass is 9.58. The second-order valence-electron chi connectivity index (χ2n) is 6.05. The van der Waals surface area contributed by atoms with Gasteiger partial charge in [-0.05, 0) is 17.3 Å². The number of hydrogen-bond donors (Lipinski definition) is 0. The molecule has 2 aliphatic rings. The maximum atomic E-state index is 5.79. The van der Waals surface area contributed by atoms with Crippen molar-refractivity contribution in [3.8, 4) is 0 Å². The lowest BCUT2D eigenvalue weighted by molar-refractivity contribution is -0.220. The second kappa shape index (κ2) is 2.96. The summed E-state index contributed by atoms with van der Waals surface area (Å²) in [7, 11) is 0. The van der Waals surface area contributed by atoms with Crippen LogP contribution in [0.4, 0.5) is 0 Å². The maximum absolute atomic E-state index is 5.79. The predicted octanol–water partition coefficient (Wildman–Crippen LogP) is 2.97. The van der Waals surface area contributed by atoms with Crippen LogP contribution in [0.2, 0.25) is 0 Å². The molecule has 2 nitrogen and oxygen atoms in total. The van der Waals surface area contributed by atoms with Crippen molar-refractivity contribution in [2.24, 2.45) is 10.8 Å². The van der Waals surface area contributed by atoms with E-state index in [-0.39, 0.29) is 5.79 Å². The average molecular weight is 198 g/mol. The summed E-state index contributed by atoms with van der Waals surface area (Å²) in [6, 6.07) is 0. The SMILES string of the molecule is CC1(C)CCC2(CC1(C)C)OCCO2. The molecule has 14 heavy (non-hydrogen) atoms. The fourth-order valence-corrected chi connectivity index (χ4v) is 2.59. The standard InChI is InChI=1S/C12H22O2/c1-10(2)5-6-12(9-11(10,3)4)13-7-8-14-12/h5-9H2,1-4H3. The summed E-state index contributed by atoms with van der Waals surface area (Å²) in [4.78, 5) is 0. The highest BCUT2D eigenvalue weighted by atomic mass is 16.7. The summed E-state index contributed by atoms with van der Waals surface area (Å²) in [5.74, 6) is -0.237. The van der Waals surface area contributed by atoms with Crippen LogP contribution in [-0.4, -0.2) is 19.0 Å². The van der Waals surface area contributed by atoms with Crippen LogP contribution in [0, 0.1) is 10.8 Å². The molecule has 0 amide bonds. The van der Waals surface area contributed by atoms with Gasteiger partial charge in [-0.15, -0.1) is 0 Å². The van der Waals surface area contributed by atoms with Crippen LogP contribution in [0.5, 0.6) is 0 Å². The highest BCUT2D eigenvalue weighted by molar-refractivity contribution is 4.97. The molecule has 0 N–H and O–H groups in total. The predicted molar refractivity (Wildman–Crippen MR) is 56.0 cm³/mol. The van der Waals surface area contributed by atoms with Gasteiger partial charge in [0.1, 0.15) is 0 Å². The molecule has 0 atom stereocenters. The summed E-state index contributed by atoms with van der Waals surface area (Å²) in [6.45, 7) is 10.9. The molecule has 0 aromatic heterocycles. The first kappa shape index (κ1) is 10.4. The highest BCUT2D eigenvalue weighted by Gasteiger charge is 2.52. The topological polar surface area (TPSA) is 18.5 Å². The molecule has 1 aliphatic heterocycles. The van der Waals surface area contributed by atoms with Gasteiger partial charge < -0.3 is 9.47 Å². The van der Waals surface area contributed by atoms with E-state index in [1.807, 2.05) is 0 Å². The summed E-state index contributed by atoms with van der Waals surface area (Å²) >= 11 is 0. The highest BCUT2D eigenvalue weighted by Crippen LogP contribution is 2.54. The van der Waals surface area contributed by atoms with Crippen LogP contribution < -0.4 is 0 Å². The molecule has 1 saturated heterocycles. The number of rotatable bonds is 0. The molecule has 82 valence electrons. The van der Waals surface area contributed by atoms with Crippen molar-refractivity contribution in [2.75, 3.05) is 13.2 Å².